The zero-order valence-electron chi connectivity index (χ0n) is 19.7. The van der Waals surface area contributed by atoms with E-state index in [4.69, 9.17) is 4.74 Å². The number of fused-ring (bicyclic) bond motifs is 6. The normalized spacial score (nSPS) is 14.9. The van der Waals surface area contributed by atoms with Crippen molar-refractivity contribution in [2.45, 2.75) is 31.5 Å². The molecule has 8 heteroatoms. The first-order valence-electron chi connectivity index (χ1n) is 11.6. The minimum Gasteiger partial charge on any atom is -1.00 e. The van der Waals surface area contributed by atoms with Crippen LogP contribution in [0, 0.1) is 0 Å². The smallest absolute Gasteiger partial charge is 0.267 e. The van der Waals surface area contributed by atoms with Crippen molar-refractivity contribution in [1.29, 1.82) is 0 Å². The second-order valence-corrected chi connectivity index (χ2v) is 12.6. The van der Waals surface area contributed by atoms with Crippen LogP contribution in [0.2, 0.25) is 0 Å². The van der Waals surface area contributed by atoms with Gasteiger partial charge in [0.15, 0.2) is 4.01 Å². The summed E-state index contributed by atoms with van der Waals surface area (Å²) in [5.74, 6) is 0.920. The number of halogens is 1. The summed E-state index contributed by atoms with van der Waals surface area (Å²) in [6.45, 7) is 9.02. The van der Waals surface area contributed by atoms with Crippen molar-refractivity contribution >= 4 is 87.2 Å². The second kappa shape index (κ2) is 10.4. The summed E-state index contributed by atoms with van der Waals surface area (Å²) < 4.78 is 14.1. The topological polar surface area (TPSA) is 16.4 Å². The number of anilines is 1. The fourth-order valence-corrected chi connectivity index (χ4v) is 9.85. The number of hydrogen-bond donors (Lipinski definition) is 0. The van der Waals surface area contributed by atoms with Gasteiger partial charge in [-0.05, 0) is 39.0 Å². The van der Waals surface area contributed by atoms with Gasteiger partial charge in [-0.15, -0.1) is 22.7 Å². The van der Waals surface area contributed by atoms with Gasteiger partial charge in [-0.2, -0.15) is 4.57 Å². The summed E-state index contributed by atoms with van der Waals surface area (Å²) in [5.41, 5.74) is 2.70. The maximum absolute atomic E-state index is 6.17. The van der Waals surface area contributed by atoms with Crippen molar-refractivity contribution in [2.75, 3.05) is 18.1 Å². The lowest BCUT2D eigenvalue weighted by Crippen LogP contribution is -3.00. The van der Waals surface area contributed by atoms with E-state index in [1.807, 2.05) is 45.8 Å². The van der Waals surface area contributed by atoms with Crippen LogP contribution in [0.5, 0.6) is 0 Å². The van der Waals surface area contributed by atoms with Crippen LogP contribution in [0.3, 0.4) is 0 Å². The van der Waals surface area contributed by atoms with Gasteiger partial charge in [-0.25, -0.2) is 0 Å². The molecule has 5 aromatic rings. The van der Waals surface area contributed by atoms with Crippen molar-refractivity contribution in [1.82, 2.24) is 0 Å². The molecule has 0 radical (unpaired) electrons. The predicted molar refractivity (Wildman–Crippen MR) is 151 cm³/mol. The molecular formula is C27H25IN2OS4. The maximum atomic E-state index is 6.17. The number of nitrogens with zero attached hydrogens (tertiary/aromatic N) is 2. The van der Waals surface area contributed by atoms with E-state index in [1.165, 1.54) is 49.6 Å². The van der Waals surface area contributed by atoms with Crippen LogP contribution < -0.4 is 33.4 Å². The number of aromatic nitrogens is 1. The molecule has 0 atom stereocenters. The zero-order valence-corrected chi connectivity index (χ0v) is 25.1. The van der Waals surface area contributed by atoms with Gasteiger partial charge >= 0.3 is 0 Å². The lowest BCUT2D eigenvalue weighted by molar-refractivity contribution is -0.664. The molecule has 4 heterocycles. The Balaban J connectivity index is 0.00000253. The monoisotopic (exact) mass is 648 g/mol. The maximum Gasteiger partial charge on any atom is 0.267 e. The van der Waals surface area contributed by atoms with Gasteiger partial charge in [-0.3, -0.25) is 0 Å². The first-order chi connectivity index (χ1) is 16.7. The van der Waals surface area contributed by atoms with Gasteiger partial charge in [0.2, 0.25) is 5.52 Å². The Bertz CT molecular complexity index is 1590. The minimum absolute atomic E-state index is 0. The van der Waals surface area contributed by atoms with Crippen molar-refractivity contribution in [3.8, 4) is 0 Å². The van der Waals surface area contributed by atoms with Crippen LogP contribution in [0.1, 0.15) is 25.8 Å². The fraction of sp³-hybridized carbons (Fsp3) is 0.222. The molecule has 0 bridgehead atoms. The predicted octanol–water partition coefficient (Wildman–Crippen LogP) is 5.49. The van der Waals surface area contributed by atoms with Gasteiger partial charge in [0.05, 0.1) is 33.0 Å². The number of thiazole rings is 1. The molecule has 1 aliphatic heterocycles. The average Bonchev–Trinajstić information content (AvgIpc) is 3.56. The molecule has 180 valence electrons. The van der Waals surface area contributed by atoms with E-state index < -0.39 is 0 Å². The highest BCUT2D eigenvalue weighted by Gasteiger charge is 2.29. The standard InChI is InChI=1S/C27H25N2OS4.HI/c1-4-28-22(33-26-24(28)18-11-7-9-13-20(18)31-26)15-17(30-6-3)16-23-29(5-2)25-19-12-8-10-14-21(19)32-27(25)34-23;/h7-16H,4-6H2,1-3H3;1H/q+1;/p-1. The van der Waals surface area contributed by atoms with E-state index in [0.29, 0.717) is 6.61 Å². The van der Waals surface area contributed by atoms with E-state index in [9.17, 15) is 0 Å². The summed E-state index contributed by atoms with van der Waals surface area (Å²) in [6, 6.07) is 17.4. The SMILES string of the molecule is CCOC(=Cc1sc2sc3ccccc3c2[n+]1CC)C=C1Sc2sc3ccccc3c2N1CC.[I-]. The number of thiophene rings is 2. The third-order valence-corrected chi connectivity index (χ3v) is 10.8. The first-order valence-corrected chi connectivity index (χ1v) is 14.8. The lowest BCUT2D eigenvalue weighted by Gasteiger charge is -2.18. The molecule has 2 aromatic carbocycles. The van der Waals surface area contributed by atoms with E-state index in [1.54, 1.807) is 0 Å². The summed E-state index contributed by atoms with van der Waals surface area (Å²) in [4.78, 5) is 2.43. The van der Waals surface area contributed by atoms with Crippen LogP contribution in [-0.4, -0.2) is 13.2 Å². The fourth-order valence-electron chi connectivity index (χ4n) is 4.57. The van der Waals surface area contributed by atoms with E-state index >= 15 is 0 Å². The van der Waals surface area contributed by atoms with Crippen LogP contribution in [0.4, 0.5) is 5.69 Å². The van der Waals surface area contributed by atoms with Crippen LogP contribution >= 0.6 is 45.8 Å². The van der Waals surface area contributed by atoms with Gasteiger partial charge < -0.3 is 33.6 Å². The summed E-state index contributed by atoms with van der Waals surface area (Å²) in [7, 11) is 0. The number of benzene rings is 2. The summed E-state index contributed by atoms with van der Waals surface area (Å²) >= 11 is 7.49. The van der Waals surface area contributed by atoms with E-state index in [0.717, 1.165) is 18.8 Å². The van der Waals surface area contributed by atoms with Gasteiger partial charge in [0.1, 0.15) is 12.3 Å². The second-order valence-electron chi connectivity index (χ2n) is 7.96. The molecule has 3 aromatic heterocycles. The Kier molecular flexibility index (Phi) is 7.46. The Hall–Kier alpha value is -1.59. The first kappa shape index (κ1) is 25.1. The number of ether oxygens (including phenoxy) is 1. The van der Waals surface area contributed by atoms with Crippen LogP contribution in [0.15, 0.2) is 69.6 Å². The molecule has 0 unspecified atom stereocenters. The Labute approximate surface area is 238 Å². The van der Waals surface area contributed by atoms with Crippen molar-refractivity contribution in [3.05, 3.63) is 70.4 Å². The molecule has 0 spiro atoms. The highest BCUT2D eigenvalue weighted by molar-refractivity contribution is 8.05. The quantitative estimate of drug-likeness (QED) is 0.138. The minimum atomic E-state index is 0. The average molecular weight is 649 g/mol. The molecule has 1 aliphatic rings. The third kappa shape index (κ3) is 4.31. The summed E-state index contributed by atoms with van der Waals surface area (Å²) in [6.07, 6.45) is 4.45. The Morgan fingerprint density at radius 1 is 0.943 bits per heavy atom. The van der Waals surface area contributed by atoms with Gasteiger partial charge in [0, 0.05) is 27.4 Å². The van der Waals surface area contributed by atoms with E-state index in [-0.39, 0.29) is 24.0 Å². The zero-order chi connectivity index (χ0) is 23.2. The highest BCUT2D eigenvalue weighted by atomic mass is 127. The number of aryl methyl sites for hydroxylation is 1. The molecule has 0 fully saturated rings. The Morgan fingerprint density at radius 3 is 2.37 bits per heavy atom. The lowest BCUT2D eigenvalue weighted by atomic mass is 10.2. The number of thioether (sulfide) groups is 1. The van der Waals surface area contributed by atoms with Crippen molar-refractivity contribution < 1.29 is 33.3 Å². The number of allylic oxidation sites excluding steroid dienone is 1. The van der Waals surface area contributed by atoms with Crippen molar-refractivity contribution in [3.63, 3.8) is 0 Å². The third-order valence-electron chi connectivity index (χ3n) is 6.02. The number of hydrogen-bond acceptors (Lipinski definition) is 6. The molecule has 0 saturated carbocycles. The van der Waals surface area contributed by atoms with Gasteiger partial charge in [0.25, 0.3) is 5.01 Å². The molecule has 0 saturated heterocycles. The molecule has 0 N–H and O–H groups in total. The van der Waals surface area contributed by atoms with E-state index in [2.05, 4.69) is 90.9 Å². The molecular weight excluding hydrogens is 623 g/mol. The van der Waals surface area contributed by atoms with Crippen molar-refractivity contribution in [2.24, 2.45) is 0 Å². The largest absolute Gasteiger partial charge is 1.00 e. The number of rotatable bonds is 6. The van der Waals surface area contributed by atoms with Crippen LogP contribution in [-0.2, 0) is 11.3 Å². The molecule has 35 heavy (non-hydrogen) atoms. The molecule has 0 amide bonds. The van der Waals surface area contributed by atoms with Crippen LogP contribution in [0.25, 0.3) is 35.8 Å². The molecule has 3 nitrogen and oxygen atoms in total. The summed E-state index contributed by atoms with van der Waals surface area (Å²) in [5, 5.41) is 5.16. The Morgan fingerprint density at radius 2 is 1.66 bits per heavy atom. The molecule has 0 aliphatic carbocycles. The van der Waals surface area contributed by atoms with Gasteiger partial charge in [-0.1, -0.05) is 53.4 Å². The molecule has 6 rings (SSSR count). The highest BCUT2D eigenvalue weighted by Crippen LogP contribution is 2.54.